The number of hydrogen-bond acceptors (Lipinski definition) is 6. The molecule has 2 aromatic rings. The van der Waals surface area contributed by atoms with Gasteiger partial charge in [-0.1, -0.05) is 0 Å². The highest BCUT2D eigenvalue weighted by atomic mass is 19.1. The number of rotatable bonds is 6. The molecule has 3 rings (SSSR count). The molecule has 1 atom stereocenters. The molecule has 7 heteroatoms. The summed E-state index contributed by atoms with van der Waals surface area (Å²) >= 11 is 0. The molecule has 0 saturated carbocycles. The van der Waals surface area contributed by atoms with Gasteiger partial charge in [-0.25, -0.2) is 14.0 Å². The van der Waals surface area contributed by atoms with Crippen molar-refractivity contribution in [2.45, 2.75) is 31.7 Å². The molecular formula is C20H22FNO5. The quantitative estimate of drug-likeness (QED) is 0.570. The van der Waals surface area contributed by atoms with Crippen molar-refractivity contribution in [3.05, 3.63) is 54.2 Å². The lowest BCUT2D eigenvalue weighted by Gasteiger charge is -2.38. The Morgan fingerprint density at radius 2 is 1.78 bits per heavy atom. The topological polar surface area (TPSA) is 69.0 Å². The predicted octanol–water partition coefficient (Wildman–Crippen LogP) is 3.28. The number of furan rings is 1. The number of nitrogens with zero attached hydrogens (tertiary/aromatic N) is 1. The largest absolute Gasteiger partial charge is 0.469 e. The van der Waals surface area contributed by atoms with Gasteiger partial charge in [0.2, 0.25) is 5.54 Å². The molecule has 0 radical (unpaired) electrons. The molecule has 6 nitrogen and oxygen atoms in total. The van der Waals surface area contributed by atoms with E-state index < -0.39 is 29.2 Å². The molecule has 0 bridgehead atoms. The number of benzene rings is 1. The van der Waals surface area contributed by atoms with Crippen LogP contribution in [0.15, 0.2) is 47.1 Å². The fraction of sp³-hybridized carbons (Fsp3) is 0.400. The molecular weight excluding hydrogens is 353 g/mol. The maximum atomic E-state index is 13.4. The van der Waals surface area contributed by atoms with Gasteiger partial charge < -0.3 is 18.8 Å². The first-order valence-electron chi connectivity index (χ1n) is 8.96. The van der Waals surface area contributed by atoms with Gasteiger partial charge in [0.1, 0.15) is 11.6 Å². The van der Waals surface area contributed by atoms with E-state index in [0.717, 1.165) is 0 Å². The van der Waals surface area contributed by atoms with E-state index in [2.05, 4.69) is 0 Å². The molecule has 27 heavy (non-hydrogen) atoms. The first kappa shape index (κ1) is 18.9. The molecule has 0 spiro atoms. The molecule has 0 amide bonds. The van der Waals surface area contributed by atoms with Crippen LogP contribution in [0.1, 0.15) is 31.9 Å². The van der Waals surface area contributed by atoms with Gasteiger partial charge in [-0.05, 0) is 56.7 Å². The minimum absolute atomic E-state index is 0.113. The van der Waals surface area contributed by atoms with E-state index in [1.54, 1.807) is 30.9 Å². The number of ether oxygens (including phenoxy) is 2. The van der Waals surface area contributed by atoms with Crippen molar-refractivity contribution in [1.29, 1.82) is 0 Å². The summed E-state index contributed by atoms with van der Waals surface area (Å²) in [6.45, 7) is 3.96. The van der Waals surface area contributed by atoms with Gasteiger partial charge in [-0.2, -0.15) is 0 Å². The fourth-order valence-electron chi connectivity index (χ4n) is 3.69. The maximum absolute atomic E-state index is 13.4. The van der Waals surface area contributed by atoms with E-state index in [9.17, 15) is 14.0 Å². The summed E-state index contributed by atoms with van der Waals surface area (Å²) in [4.78, 5) is 28.0. The summed E-state index contributed by atoms with van der Waals surface area (Å²) in [5.74, 6) is -1.90. The summed E-state index contributed by atoms with van der Waals surface area (Å²) < 4.78 is 29.5. The Morgan fingerprint density at radius 1 is 1.15 bits per heavy atom. The third-order valence-corrected chi connectivity index (χ3v) is 4.77. The van der Waals surface area contributed by atoms with E-state index in [1.165, 1.54) is 30.5 Å². The lowest BCUT2D eigenvalue weighted by Crippen LogP contribution is -2.61. The molecule has 144 valence electrons. The van der Waals surface area contributed by atoms with E-state index >= 15 is 0 Å². The van der Waals surface area contributed by atoms with Crippen LogP contribution in [0.2, 0.25) is 0 Å². The number of esters is 2. The highest BCUT2D eigenvalue weighted by Gasteiger charge is 2.64. The molecule has 2 heterocycles. The third kappa shape index (κ3) is 3.18. The first-order chi connectivity index (χ1) is 13.1. The minimum atomic E-state index is -1.73. The number of carbonyl (C=O) groups excluding carboxylic acids is 2. The second-order valence-electron chi connectivity index (χ2n) is 6.19. The molecule has 1 aliphatic heterocycles. The van der Waals surface area contributed by atoms with Crippen molar-refractivity contribution < 1.29 is 27.9 Å². The van der Waals surface area contributed by atoms with Gasteiger partial charge in [0.05, 0.1) is 25.4 Å². The molecule has 1 aliphatic rings. The van der Waals surface area contributed by atoms with Crippen molar-refractivity contribution in [3.8, 4) is 0 Å². The Balaban J connectivity index is 2.17. The Bertz CT molecular complexity index is 769. The summed E-state index contributed by atoms with van der Waals surface area (Å²) in [5, 5.41) is 0. The van der Waals surface area contributed by atoms with E-state index in [0.29, 0.717) is 24.4 Å². The van der Waals surface area contributed by atoms with Crippen LogP contribution in [0, 0.1) is 5.82 Å². The van der Waals surface area contributed by atoms with Crippen molar-refractivity contribution in [3.63, 3.8) is 0 Å². The Labute approximate surface area is 156 Å². The van der Waals surface area contributed by atoms with Gasteiger partial charge in [-0.15, -0.1) is 0 Å². The van der Waals surface area contributed by atoms with Gasteiger partial charge in [-0.3, -0.25) is 0 Å². The predicted molar refractivity (Wildman–Crippen MR) is 95.8 cm³/mol. The second-order valence-corrected chi connectivity index (χ2v) is 6.19. The Hall–Kier alpha value is -2.83. The zero-order chi connectivity index (χ0) is 19.4. The highest BCUT2D eigenvalue weighted by molar-refractivity contribution is 6.10. The molecule has 1 saturated heterocycles. The SMILES string of the molecule is CCOC(=O)C1(C(=O)OCC)C(c2ccco2)CCN1c1ccc(F)cc1. The summed E-state index contributed by atoms with van der Waals surface area (Å²) in [6, 6.07) is 9.08. The Kier molecular flexibility index (Phi) is 5.48. The molecule has 1 aromatic heterocycles. The van der Waals surface area contributed by atoms with Crippen LogP contribution < -0.4 is 4.90 Å². The molecule has 0 N–H and O–H groups in total. The summed E-state index contributed by atoms with van der Waals surface area (Å²) in [5.41, 5.74) is -1.20. The van der Waals surface area contributed by atoms with Gasteiger partial charge in [0.25, 0.3) is 0 Å². The van der Waals surface area contributed by atoms with Crippen molar-refractivity contribution in [1.82, 2.24) is 0 Å². The van der Waals surface area contributed by atoms with Crippen LogP contribution in [-0.2, 0) is 19.1 Å². The molecule has 1 fully saturated rings. The standard InChI is InChI=1S/C20H22FNO5/c1-3-25-18(23)20(19(24)26-4-2)16(17-6-5-13-27-17)11-12-22(20)15-9-7-14(21)8-10-15/h5-10,13,16H,3-4,11-12H2,1-2H3. The van der Waals surface area contributed by atoms with Gasteiger partial charge in [0, 0.05) is 12.2 Å². The number of hydrogen-bond donors (Lipinski definition) is 0. The summed E-state index contributed by atoms with van der Waals surface area (Å²) in [6.07, 6.45) is 1.97. The normalized spacial score (nSPS) is 18.3. The number of carbonyl (C=O) groups is 2. The van der Waals surface area contributed by atoms with E-state index in [-0.39, 0.29) is 13.2 Å². The van der Waals surface area contributed by atoms with Crippen LogP contribution >= 0.6 is 0 Å². The Morgan fingerprint density at radius 3 is 2.30 bits per heavy atom. The molecule has 1 aromatic carbocycles. The zero-order valence-electron chi connectivity index (χ0n) is 15.3. The molecule has 0 aliphatic carbocycles. The van der Waals surface area contributed by atoms with E-state index in [4.69, 9.17) is 13.9 Å². The van der Waals surface area contributed by atoms with Gasteiger partial charge in [0.15, 0.2) is 0 Å². The van der Waals surface area contributed by atoms with Crippen molar-refractivity contribution >= 4 is 17.6 Å². The third-order valence-electron chi connectivity index (χ3n) is 4.77. The number of anilines is 1. The lowest BCUT2D eigenvalue weighted by molar-refractivity contribution is -0.164. The average Bonchev–Trinajstić information content (AvgIpc) is 3.30. The molecule has 1 unspecified atom stereocenters. The lowest BCUT2D eigenvalue weighted by atomic mass is 9.82. The van der Waals surface area contributed by atoms with Crippen LogP contribution in [0.4, 0.5) is 10.1 Å². The monoisotopic (exact) mass is 375 g/mol. The minimum Gasteiger partial charge on any atom is -0.469 e. The van der Waals surface area contributed by atoms with E-state index in [1.807, 2.05) is 0 Å². The van der Waals surface area contributed by atoms with Crippen LogP contribution in [-0.4, -0.2) is 37.2 Å². The van der Waals surface area contributed by atoms with Crippen LogP contribution in [0.3, 0.4) is 0 Å². The maximum Gasteiger partial charge on any atom is 0.344 e. The van der Waals surface area contributed by atoms with Crippen LogP contribution in [0.25, 0.3) is 0 Å². The summed E-state index contributed by atoms with van der Waals surface area (Å²) in [7, 11) is 0. The van der Waals surface area contributed by atoms with Crippen LogP contribution in [0.5, 0.6) is 0 Å². The van der Waals surface area contributed by atoms with Gasteiger partial charge >= 0.3 is 11.9 Å². The smallest absolute Gasteiger partial charge is 0.344 e. The number of halogens is 1. The highest BCUT2D eigenvalue weighted by Crippen LogP contribution is 2.46. The zero-order valence-corrected chi connectivity index (χ0v) is 15.3. The average molecular weight is 375 g/mol. The first-order valence-corrected chi connectivity index (χ1v) is 8.96. The van der Waals surface area contributed by atoms with Crippen molar-refractivity contribution in [2.75, 3.05) is 24.7 Å². The fourth-order valence-corrected chi connectivity index (χ4v) is 3.69. The second kappa shape index (κ2) is 7.82. The van der Waals surface area contributed by atoms with Crippen molar-refractivity contribution in [2.24, 2.45) is 0 Å².